The summed E-state index contributed by atoms with van der Waals surface area (Å²) in [6.45, 7) is 9.97. The van der Waals surface area contributed by atoms with Crippen molar-refractivity contribution in [2.45, 2.75) is 84.8 Å². The maximum atomic E-state index is 13.0. The van der Waals surface area contributed by atoms with E-state index < -0.39 is 5.60 Å². The van der Waals surface area contributed by atoms with E-state index in [0.29, 0.717) is 23.7 Å². The molecule has 0 spiro atoms. The highest BCUT2D eigenvalue weighted by molar-refractivity contribution is 6.30. The average molecular weight is 489 g/mol. The lowest BCUT2D eigenvalue weighted by molar-refractivity contribution is -0.154. The number of nitrogens with zero attached hydrogens (tertiary/aromatic N) is 3. The van der Waals surface area contributed by atoms with Crippen LogP contribution >= 0.6 is 11.6 Å². The fourth-order valence-electron chi connectivity index (χ4n) is 4.20. The molecule has 186 valence electrons. The predicted octanol–water partition coefficient (Wildman–Crippen LogP) is 5.54. The molecule has 1 fully saturated rings. The molecule has 1 N–H and O–H groups in total. The number of piperidine rings is 1. The smallest absolute Gasteiger partial charge is 0.306 e. The van der Waals surface area contributed by atoms with E-state index in [0.717, 1.165) is 62.0 Å². The number of carbonyl (C=O) groups excluding carboxylic acids is 2. The number of rotatable bonds is 9. The van der Waals surface area contributed by atoms with Crippen LogP contribution in [0.2, 0.25) is 5.02 Å². The molecule has 0 saturated carbocycles. The lowest BCUT2D eigenvalue weighted by Crippen LogP contribution is -2.45. The SMILES string of the molecule is Cc1c(C(=O)NN2CCCCC2)nn(CCCCCC(=O)OC(C)(C)C)c1-c1ccc(Cl)cc1. The quantitative estimate of drug-likeness (QED) is 0.370. The fraction of sp³-hybridized carbons (Fsp3) is 0.577. The number of aryl methyl sites for hydroxylation is 1. The standard InChI is InChI=1S/C26H37ClN4O3/c1-19-23(25(33)29-30-16-8-6-9-17-30)28-31(24(19)20-12-14-21(27)15-13-20)18-10-5-7-11-22(32)34-26(2,3)4/h12-15H,5-11,16-18H2,1-4H3,(H,29,33). The molecule has 8 heteroatoms. The second-order valence-corrected chi connectivity index (χ2v) is 10.4. The van der Waals surface area contributed by atoms with Gasteiger partial charge in [0.1, 0.15) is 5.60 Å². The van der Waals surface area contributed by atoms with Crippen LogP contribution in [-0.4, -0.2) is 45.4 Å². The van der Waals surface area contributed by atoms with Gasteiger partial charge in [-0.15, -0.1) is 0 Å². The van der Waals surface area contributed by atoms with Crippen molar-refractivity contribution in [1.29, 1.82) is 0 Å². The molecule has 7 nitrogen and oxygen atoms in total. The molecule has 2 heterocycles. The fourth-order valence-corrected chi connectivity index (χ4v) is 4.33. The van der Waals surface area contributed by atoms with Crippen molar-refractivity contribution in [3.63, 3.8) is 0 Å². The summed E-state index contributed by atoms with van der Waals surface area (Å²) in [5.41, 5.74) is 5.77. The average Bonchev–Trinajstić information content (AvgIpc) is 3.10. The molecule has 0 radical (unpaired) electrons. The van der Waals surface area contributed by atoms with Crippen LogP contribution in [0.5, 0.6) is 0 Å². The highest BCUT2D eigenvalue weighted by atomic mass is 35.5. The van der Waals surface area contributed by atoms with Crippen molar-refractivity contribution in [2.24, 2.45) is 0 Å². The second kappa shape index (κ2) is 11.8. The van der Waals surface area contributed by atoms with Crippen LogP contribution in [0.4, 0.5) is 0 Å². The Morgan fingerprint density at radius 2 is 1.74 bits per heavy atom. The van der Waals surface area contributed by atoms with Crippen LogP contribution in [0.1, 0.15) is 81.8 Å². The normalized spacial score (nSPS) is 14.7. The number of hydrogen-bond acceptors (Lipinski definition) is 5. The molecule has 0 unspecified atom stereocenters. The Hall–Kier alpha value is -2.38. The van der Waals surface area contributed by atoms with Gasteiger partial charge < -0.3 is 4.74 Å². The Morgan fingerprint density at radius 3 is 2.38 bits per heavy atom. The number of aromatic nitrogens is 2. The first-order chi connectivity index (χ1) is 16.1. The van der Waals surface area contributed by atoms with E-state index in [9.17, 15) is 9.59 Å². The van der Waals surface area contributed by atoms with Crippen LogP contribution in [-0.2, 0) is 16.1 Å². The molecule has 2 aromatic rings. The number of carbonyl (C=O) groups is 2. The van der Waals surface area contributed by atoms with E-state index in [1.807, 2.05) is 61.7 Å². The second-order valence-electron chi connectivity index (χ2n) is 9.94. The number of hydrogen-bond donors (Lipinski definition) is 1. The third-order valence-corrected chi connectivity index (χ3v) is 6.06. The largest absolute Gasteiger partial charge is 0.460 e. The van der Waals surface area contributed by atoms with E-state index in [-0.39, 0.29) is 11.9 Å². The van der Waals surface area contributed by atoms with Gasteiger partial charge >= 0.3 is 5.97 Å². The number of hydrazine groups is 1. The summed E-state index contributed by atoms with van der Waals surface area (Å²) < 4.78 is 7.30. The van der Waals surface area contributed by atoms with Crippen LogP contribution in [0.15, 0.2) is 24.3 Å². The minimum Gasteiger partial charge on any atom is -0.460 e. The van der Waals surface area contributed by atoms with Crippen molar-refractivity contribution in [3.8, 4) is 11.3 Å². The van der Waals surface area contributed by atoms with Gasteiger partial charge in [0, 0.05) is 42.2 Å². The topological polar surface area (TPSA) is 76.5 Å². The number of halogens is 1. The molecule has 1 amide bonds. The molecular weight excluding hydrogens is 452 g/mol. The van der Waals surface area contributed by atoms with Gasteiger partial charge in [0.15, 0.2) is 5.69 Å². The van der Waals surface area contributed by atoms with Crippen molar-refractivity contribution >= 4 is 23.5 Å². The Bertz CT molecular complexity index is 973. The van der Waals surface area contributed by atoms with E-state index in [2.05, 4.69) is 5.43 Å². The summed E-state index contributed by atoms with van der Waals surface area (Å²) >= 11 is 6.10. The molecule has 0 bridgehead atoms. The van der Waals surface area contributed by atoms with Crippen LogP contribution in [0.3, 0.4) is 0 Å². The molecule has 0 atom stereocenters. The number of esters is 1. The van der Waals surface area contributed by atoms with Gasteiger partial charge in [0.25, 0.3) is 5.91 Å². The van der Waals surface area contributed by atoms with Crippen LogP contribution in [0.25, 0.3) is 11.3 Å². The van der Waals surface area contributed by atoms with E-state index >= 15 is 0 Å². The van der Waals surface area contributed by atoms with Crippen molar-refractivity contribution < 1.29 is 14.3 Å². The zero-order chi connectivity index (χ0) is 24.7. The first-order valence-electron chi connectivity index (χ1n) is 12.2. The van der Waals surface area contributed by atoms with Crippen LogP contribution < -0.4 is 5.43 Å². The number of unbranched alkanes of at least 4 members (excludes halogenated alkanes) is 2. The molecule has 0 aliphatic carbocycles. The lowest BCUT2D eigenvalue weighted by atomic mass is 10.1. The van der Waals surface area contributed by atoms with Gasteiger partial charge in [0.2, 0.25) is 0 Å². The molecule has 1 saturated heterocycles. The summed E-state index contributed by atoms with van der Waals surface area (Å²) in [6, 6.07) is 7.61. The Balaban J connectivity index is 1.69. The van der Waals surface area contributed by atoms with Crippen molar-refractivity contribution in [2.75, 3.05) is 13.1 Å². The van der Waals surface area contributed by atoms with E-state index in [1.54, 1.807) is 0 Å². The van der Waals surface area contributed by atoms with Gasteiger partial charge in [-0.25, -0.2) is 5.01 Å². The van der Waals surface area contributed by atoms with Crippen LogP contribution in [0, 0.1) is 6.92 Å². The molecule has 1 aromatic carbocycles. The summed E-state index contributed by atoms with van der Waals surface area (Å²) in [6.07, 6.45) is 6.26. The van der Waals surface area contributed by atoms with E-state index in [1.165, 1.54) is 6.42 Å². The molecule has 1 aromatic heterocycles. The first-order valence-corrected chi connectivity index (χ1v) is 12.6. The maximum Gasteiger partial charge on any atom is 0.306 e. The number of amides is 1. The summed E-state index contributed by atoms with van der Waals surface area (Å²) in [5.74, 6) is -0.334. The molecular formula is C26H37ClN4O3. The molecule has 34 heavy (non-hydrogen) atoms. The highest BCUT2D eigenvalue weighted by Gasteiger charge is 2.23. The van der Waals surface area contributed by atoms with E-state index in [4.69, 9.17) is 21.4 Å². The predicted molar refractivity (Wildman–Crippen MR) is 135 cm³/mol. The summed E-state index contributed by atoms with van der Waals surface area (Å²) in [7, 11) is 0. The minimum atomic E-state index is -0.456. The third kappa shape index (κ3) is 7.57. The first kappa shape index (κ1) is 26.2. The van der Waals surface area contributed by atoms with Gasteiger partial charge in [-0.3, -0.25) is 19.7 Å². The molecule has 3 rings (SSSR count). The number of benzene rings is 1. The minimum absolute atomic E-state index is 0.166. The highest BCUT2D eigenvalue weighted by Crippen LogP contribution is 2.28. The maximum absolute atomic E-state index is 13.0. The van der Waals surface area contributed by atoms with Gasteiger partial charge in [-0.05, 0) is 65.5 Å². The van der Waals surface area contributed by atoms with Crippen molar-refractivity contribution in [1.82, 2.24) is 20.2 Å². The zero-order valence-corrected chi connectivity index (χ0v) is 21.6. The number of ether oxygens (including phenoxy) is 1. The number of nitrogens with one attached hydrogen (secondary N) is 1. The molecule has 1 aliphatic rings. The summed E-state index contributed by atoms with van der Waals surface area (Å²) in [5, 5.41) is 7.36. The Labute approximate surface area is 207 Å². The monoisotopic (exact) mass is 488 g/mol. The Kier molecular flexibility index (Phi) is 9.14. The third-order valence-electron chi connectivity index (χ3n) is 5.81. The van der Waals surface area contributed by atoms with Crippen molar-refractivity contribution in [3.05, 3.63) is 40.5 Å². The van der Waals surface area contributed by atoms with Gasteiger partial charge in [0.05, 0.1) is 5.69 Å². The zero-order valence-electron chi connectivity index (χ0n) is 20.8. The molecule has 1 aliphatic heterocycles. The lowest BCUT2D eigenvalue weighted by Gasteiger charge is -2.26. The Morgan fingerprint density at radius 1 is 1.06 bits per heavy atom. The van der Waals surface area contributed by atoms with Gasteiger partial charge in [-0.1, -0.05) is 36.6 Å². The van der Waals surface area contributed by atoms with Gasteiger partial charge in [-0.2, -0.15) is 5.10 Å². The summed E-state index contributed by atoms with van der Waals surface area (Å²) in [4.78, 5) is 25.0.